The summed E-state index contributed by atoms with van der Waals surface area (Å²) in [6.07, 6.45) is 3.88. The molecule has 6 rings (SSSR count). The van der Waals surface area contributed by atoms with Gasteiger partial charge in [0.15, 0.2) is 5.82 Å². The van der Waals surface area contributed by atoms with E-state index in [2.05, 4.69) is 21.4 Å². The van der Waals surface area contributed by atoms with Crippen LogP contribution in [0.25, 0.3) is 5.69 Å². The van der Waals surface area contributed by atoms with Crippen LogP contribution in [0.15, 0.2) is 66.9 Å². The SMILES string of the molecule is COC1CCN(c2cccc3c2CCN(C(=O)c2cnn(-c4cccc(Cl)c4F)c2C)C3C(=O)Nc2ccc(C(=O)O)cc2)CC1. The minimum absolute atomic E-state index is 0.0664. The van der Waals surface area contributed by atoms with Gasteiger partial charge in [-0.3, -0.25) is 9.59 Å². The standard InChI is InChI=1S/C34H33ClFN5O5/c1-20-26(19-37-41(20)29-8-4-6-27(35)30(29)36)33(43)40-18-15-24-25(5-3-7-28(24)39-16-13-23(46-2)14-17-39)31(40)32(42)38-22-11-9-21(10-12-22)34(44)45/h3-12,19,23,31H,13-18H2,1-2H3,(H,38,42)(H,44,45). The summed E-state index contributed by atoms with van der Waals surface area (Å²) in [4.78, 5) is 43.5. The molecule has 2 aliphatic heterocycles. The molecular weight excluding hydrogens is 613 g/mol. The summed E-state index contributed by atoms with van der Waals surface area (Å²) in [5, 5.41) is 16.4. The van der Waals surface area contributed by atoms with Gasteiger partial charge >= 0.3 is 5.97 Å². The van der Waals surface area contributed by atoms with E-state index in [1.807, 2.05) is 12.1 Å². The van der Waals surface area contributed by atoms with E-state index in [0.717, 1.165) is 37.2 Å². The molecule has 3 aromatic carbocycles. The number of carbonyl (C=O) groups excluding carboxylic acids is 2. The van der Waals surface area contributed by atoms with Gasteiger partial charge in [0.25, 0.3) is 11.8 Å². The number of hydrogen-bond donors (Lipinski definition) is 2. The zero-order chi connectivity index (χ0) is 32.5. The molecule has 1 unspecified atom stereocenters. The van der Waals surface area contributed by atoms with Gasteiger partial charge in [-0.25, -0.2) is 13.9 Å². The minimum atomic E-state index is -1.08. The molecule has 0 spiro atoms. The van der Waals surface area contributed by atoms with Gasteiger partial charge in [0.2, 0.25) is 0 Å². The molecule has 2 amide bonds. The number of methoxy groups -OCH3 is 1. The van der Waals surface area contributed by atoms with Crippen LogP contribution in [-0.4, -0.2) is 70.4 Å². The number of hydrogen-bond acceptors (Lipinski definition) is 6. The number of ether oxygens (including phenoxy) is 1. The summed E-state index contributed by atoms with van der Waals surface area (Å²) in [5.41, 5.74) is 3.95. The van der Waals surface area contributed by atoms with Crippen LogP contribution < -0.4 is 10.2 Å². The zero-order valence-electron chi connectivity index (χ0n) is 25.4. The fourth-order valence-electron chi connectivity index (χ4n) is 6.36. The monoisotopic (exact) mass is 645 g/mol. The number of fused-ring (bicyclic) bond motifs is 1. The summed E-state index contributed by atoms with van der Waals surface area (Å²) in [6, 6.07) is 15.2. The number of nitrogens with one attached hydrogen (secondary N) is 1. The lowest BCUT2D eigenvalue weighted by Gasteiger charge is -2.40. The van der Waals surface area contributed by atoms with Crippen LogP contribution in [0.4, 0.5) is 15.8 Å². The average Bonchev–Trinajstić information content (AvgIpc) is 3.45. The van der Waals surface area contributed by atoms with Gasteiger partial charge in [-0.15, -0.1) is 0 Å². The third-order valence-corrected chi connectivity index (χ3v) is 9.11. The Labute approximate surface area is 270 Å². The predicted molar refractivity (Wildman–Crippen MR) is 171 cm³/mol. The molecule has 1 fully saturated rings. The van der Waals surface area contributed by atoms with E-state index in [4.69, 9.17) is 16.3 Å². The van der Waals surface area contributed by atoms with Crippen molar-refractivity contribution in [2.24, 2.45) is 0 Å². The average molecular weight is 646 g/mol. The quantitative estimate of drug-likeness (QED) is 0.266. The van der Waals surface area contributed by atoms with Gasteiger partial charge in [0.05, 0.1) is 34.1 Å². The first-order valence-electron chi connectivity index (χ1n) is 15.0. The topological polar surface area (TPSA) is 117 Å². The second-order valence-corrected chi connectivity index (χ2v) is 11.8. The minimum Gasteiger partial charge on any atom is -0.478 e. The molecule has 10 nitrogen and oxygen atoms in total. The summed E-state index contributed by atoms with van der Waals surface area (Å²) in [7, 11) is 1.73. The highest BCUT2D eigenvalue weighted by Crippen LogP contribution is 2.38. The zero-order valence-corrected chi connectivity index (χ0v) is 26.1. The molecule has 1 atom stereocenters. The molecule has 0 saturated carbocycles. The fourth-order valence-corrected chi connectivity index (χ4v) is 6.53. The molecule has 12 heteroatoms. The second-order valence-electron chi connectivity index (χ2n) is 11.4. The number of halogens is 2. The number of carboxylic acid groups (broad SMARTS) is 1. The molecule has 238 valence electrons. The van der Waals surface area contributed by atoms with E-state index in [-0.39, 0.29) is 34.5 Å². The highest BCUT2D eigenvalue weighted by molar-refractivity contribution is 6.30. The van der Waals surface area contributed by atoms with Crippen LogP contribution in [0.3, 0.4) is 0 Å². The van der Waals surface area contributed by atoms with Gasteiger partial charge < -0.3 is 25.0 Å². The molecule has 0 aliphatic carbocycles. The molecule has 0 bridgehead atoms. The molecule has 4 aromatic rings. The lowest BCUT2D eigenvalue weighted by Crippen LogP contribution is -2.46. The summed E-state index contributed by atoms with van der Waals surface area (Å²) in [5.74, 6) is -2.61. The summed E-state index contributed by atoms with van der Waals surface area (Å²) < 4.78 is 21.8. The maximum Gasteiger partial charge on any atom is 0.335 e. The molecular formula is C34H33ClFN5O5. The molecule has 2 aliphatic rings. The van der Waals surface area contributed by atoms with Gasteiger partial charge in [-0.2, -0.15) is 5.10 Å². The Morgan fingerprint density at radius 1 is 1.00 bits per heavy atom. The van der Waals surface area contributed by atoms with Crippen LogP contribution in [-0.2, 0) is 16.0 Å². The van der Waals surface area contributed by atoms with Crippen molar-refractivity contribution >= 4 is 40.8 Å². The van der Waals surface area contributed by atoms with Crippen molar-refractivity contribution in [2.75, 3.05) is 37.0 Å². The van der Waals surface area contributed by atoms with E-state index in [9.17, 15) is 23.9 Å². The van der Waals surface area contributed by atoms with Crippen molar-refractivity contribution in [3.8, 4) is 5.69 Å². The summed E-state index contributed by atoms with van der Waals surface area (Å²) in [6.45, 7) is 3.54. The van der Waals surface area contributed by atoms with Crippen molar-refractivity contribution in [1.82, 2.24) is 14.7 Å². The highest BCUT2D eigenvalue weighted by Gasteiger charge is 2.39. The first kappa shape index (κ1) is 31.3. The number of anilines is 2. The maximum absolute atomic E-state index is 14.9. The smallest absolute Gasteiger partial charge is 0.335 e. The van der Waals surface area contributed by atoms with E-state index in [1.54, 1.807) is 20.1 Å². The Morgan fingerprint density at radius 2 is 1.70 bits per heavy atom. The number of carboxylic acids is 1. The van der Waals surface area contributed by atoms with Gasteiger partial charge in [-0.05, 0) is 79.8 Å². The van der Waals surface area contributed by atoms with Gasteiger partial charge in [0.1, 0.15) is 11.7 Å². The van der Waals surface area contributed by atoms with Gasteiger partial charge in [0, 0.05) is 38.1 Å². The molecule has 46 heavy (non-hydrogen) atoms. The molecule has 1 aromatic heterocycles. The van der Waals surface area contributed by atoms with Crippen molar-refractivity contribution in [3.63, 3.8) is 0 Å². The van der Waals surface area contributed by atoms with E-state index >= 15 is 0 Å². The number of aromatic nitrogens is 2. The number of carbonyl (C=O) groups is 3. The van der Waals surface area contributed by atoms with Crippen molar-refractivity contribution in [2.45, 2.75) is 38.3 Å². The fraction of sp³-hybridized carbons (Fsp3) is 0.294. The molecule has 3 heterocycles. The lowest BCUT2D eigenvalue weighted by molar-refractivity contribution is -0.121. The summed E-state index contributed by atoms with van der Waals surface area (Å²) >= 11 is 6.01. The number of piperidine rings is 1. The first-order chi connectivity index (χ1) is 22.2. The molecule has 1 saturated heterocycles. The maximum atomic E-state index is 14.9. The Morgan fingerprint density at radius 3 is 2.39 bits per heavy atom. The van der Waals surface area contributed by atoms with Gasteiger partial charge in [-0.1, -0.05) is 29.8 Å². The third kappa shape index (κ3) is 5.83. The van der Waals surface area contributed by atoms with E-state index in [1.165, 1.54) is 52.2 Å². The third-order valence-electron chi connectivity index (χ3n) is 8.82. The highest BCUT2D eigenvalue weighted by atomic mass is 35.5. The van der Waals surface area contributed by atoms with Crippen molar-refractivity contribution < 1.29 is 28.6 Å². The van der Waals surface area contributed by atoms with Crippen LogP contribution in [0.5, 0.6) is 0 Å². The second kappa shape index (κ2) is 12.9. The molecule has 2 N–H and O–H groups in total. The first-order valence-corrected chi connectivity index (χ1v) is 15.4. The normalized spacial score (nSPS) is 16.7. The van der Waals surface area contributed by atoms with E-state index in [0.29, 0.717) is 23.4 Å². The predicted octanol–water partition coefficient (Wildman–Crippen LogP) is 5.66. The number of amides is 2. The Balaban J connectivity index is 1.37. The van der Waals surface area contributed by atoms with Crippen molar-refractivity contribution in [3.05, 3.63) is 106 Å². The van der Waals surface area contributed by atoms with Crippen LogP contribution in [0.2, 0.25) is 5.02 Å². The Bertz CT molecular complexity index is 1800. The number of benzene rings is 3. The number of aromatic carboxylic acids is 1. The van der Waals surface area contributed by atoms with Crippen molar-refractivity contribution in [1.29, 1.82) is 0 Å². The Kier molecular flexibility index (Phi) is 8.79. The van der Waals surface area contributed by atoms with Crippen LogP contribution >= 0.6 is 11.6 Å². The number of nitrogens with zero attached hydrogens (tertiary/aromatic N) is 4. The van der Waals surface area contributed by atoms with Crippen LogP contribution in [0.1, 0.15) is 56.4 Å². The van der Waals surface area contributed by atoms with E-state index < -0.39 is 29.6 Å². The number of rotatable bonds is 7. The van der Waals surface area contributed by atoms with Crippen LogP contribution in [0, 0.1) is 12.7 Å². The lowest BCUT2D eigenvalue weighted by atomic mass is 9.89. The Hall–Kier alpha value is -4.74. The molecule has 0 radical (unpaired) electrons. The largest absolute Gasteiger partial charge is 0.478 e.